The highest BCUT2D eigenvalue weighted by atomic mass is 16.5. The molecule has 0 saturated carbocycles. The van der Waals surface area contributed by atoms with Crippen molar-refractivity contribution in [3.63, 3.8) is 0 Å². The van der Waals surface area contributed by atoms with Gasteiger partial charge in [0.05, 0.1) is 24.4 Å². The SMILES string of the molecule is Cn1cccc1C(=O)CN1CCOC(C)(C)C1. The van der Waals surface area contributed by atoms with Crippen molar-refractivity contribution in [1.29, 1.82) is 0 Å². The van der Waals surface area contributed by atoms with Crippen LogP contribution in [0.25, 0.3) is 0 Å². The summed E-state index contributed by atoms with van der Waals surface area (Å²) in [6.07, 6.45) is 1.90. The minimum absolute atomic E-state index is 0.146. The van der Waals surface area contributed by atoms with Crippen molar-refractivity contribution in [1.82, 2.24) is 9.47 Å². The van der Waals surface area contributed by atoms with Crippen molar-refractivity contribution in [2.45, 2.75) is 19.4 Å². The summed E-state index contributed by atoms with van der Waals surface area (Å²) in [6.45, 7) is 6.94. The zero-order chi connectivity index (χ0) is 12.5. The van der Waals surface area contributed by atoms with Crippen LogP contribution in [0.3, 0.4) is 0 Å². The molecule has 17 heavy (non-hydrogen) atoms. The fourth-order valence-electron chi connectivity index (χ4n) is 2.28. The molecule has 4 heteroatoms. The van der Waals surface area contributed by atoms with Crippen LogP contribution in [0.15, 0.2) is 18.3 Å². The molecule has 1 aliphatic rings. The van der Waals surface area contributed by atoms with E-state index in [-0.39, 0.29) is 11.4 Å². The molecule has 2 heterocycles. The highest BCUT2D eigenvalue weighted by Crippen LogP contribution is 2.16. The van der Waals surface area contributed by atoms with Crippen LogP contribution >= 0.6 is 0 Å². The molecule has 1 aliphatic heterocycles. The Labute approximate surface area is 102 Å². The Morgan fingerprint density at radius 2 is 2.29 bits per heavy atom. The Hall–Kier alpha value is -1.13. The fourth-order valence-corrected chi connectivity index (χ4v) is 2.28. The monoisotopic (exact) mass is 236 g/mol. The van der Waals surface area contributed by atoms with Gasteiger partial charge in [-0.2, -0.15) is 0 Å². The third-order valence-corrected chi connectivity index (χ3v) is 3.10. The van der Waals surface area contributed by atoms with Gasteiger partial charge in [0.25, 0.3) is 0 Å². The Bertz CT molecular complexity index is 409. The largest absolute Gasteiger partial charge is 0.373 e. The molecule has 0 aromatic carbocycles. The molecule has 0 spiro atoms. The van der Waals surface area contributed by atoms with E-state index in [1.54, 1.807) is 0 Å². The number of carbonyl (C=O) groups is 1. The number of ether oxygens (including phenoxy) is 1. The van der Waals surface area contributed by atoms with Crippen LogP contribution in [0, 0.1) is 0 Å². The van der Waals surface area contributed by atoms with E-state index in [4.69, 9.17) is 4.74 Å². The van der Waals surface area contributed by atoms with Gasteiger partial charge >= 0.3 is 0 Å². The average molecular weight is 236 g/mol. The molecule has 1 saturated heterocycles. The molecule has 0 radical (unpaired) electrons. The topological polar surface area (TPSA) is 34.5 Å². The van der Waals surface area contributed by atoms with Crippen LogP contribution < -0.4 is 0 Å². The Morgan fingerprint density at radius 3 is 2.88 bits per heavy atom. The predicted octanol–water partition coefficient (Wildman–Crippen LogP) is 1.32. The smallest absolute Gasteiger partial charge is 0.193 e. The summed E-state index contributed by atoms with van der Waals surface area (Å²) in [5.41, 5.74) is 0.626. The second-order valence-electron chi connectivity index (χ2n) is 5.25. The Balaban J connectivity index is 1.98. The van der Waals surface area contributed by atoms with Crippen LogP contribution in [0.2, 0.25) is 0 Å². The van der Waals surface area contributed by atoms with Crippen molar-refractivity contribution in [3.8, 4) is 0 Å². The van der Waals surface area contributed by atoms with Gasteiger partial charge < -0.3 is 9.30 Å². The molecule has 0 atom stereocenters. The molecule has 0 bridgehead atoms. The summed E-state index contributed by atoms with van der Waals surface area (Å²) in [4.78, 5) is 14.3. The lowest BCUT2D eigenvalue weighted by Gasteiger charge is -2.37. The summed E-state index contributed by atoms with van der Waals surface area (Å²) in [5.74, 6) is 0.176. The number of aryl methyl sites for hydroxylation is 1. The first kappa shape index (κ1) is 12.3. The Kier molecular flexibility index (Phi) is 3.35. The van der Waals surface area contributed by atoms with E-state index in [1.165, 1.54) is 0 Å². The molecular formula is C13H20N2O2. The standard InChI is InChI=1S/C13H20N2O2/c1-13(2)10-15(7-8-17-13)9-12(16)11-5-4-6-14(11)3/h4-6H,7-10H2,1-3H3. The van der Waals surface area contributed by atoms with Gasteiger partial charge in [-0.15, -0.1) is 0 Å². The van der Waals surface area contributed by atoms with Gasteiger partial charge in [0, 0.05) is 26.3 Å². The maximum absolute atomic E-state index is 12.1. The van der Waals surface area contributed by atoms with Crippen molar-refractivity contribution in [3.05, 3.63) is 24.0 Å². The zero-order valence-electron chi connectivity index (χ0n) is 10.8. The number of rotatable bonds is 3. The number of nitrogens with zero attached hydrogens (tertiary/aromatic N) is 2. The predicted molar refractivity (Wildman–Crippen MR) is 66.2 cm³/mol. The second kappa shape index (κ2) is 4.63. The molecule has 2 rings (SSSR count). The molecular weight excluding hydrogens is 216 g/mol. The van der Waals surface area contributed by atoms with Gasteiger partial charge in [-0.1, -0.05) is 0 Å². The van der Waals surface area contributed by atoms with Crippen molar-refractivity contribution in [2.75, 3.05) is 26.2 Å². The number of morpholine rings is 1. The number of aromatic nitrogens is 1. The minimum Gasteiger partial charge on any atom is -0.373 e. The molecule has 1 aromatic heterocycles. The molecule has 0 amide bonds. The third kappa shape index (κ3) is 2.96. The molecule has 0 aliphatic carbocycles. The number of hydrogen-bond acceptors (Lipinski definition) is 3. The number of ketones is 1. The number of hydrogen-bond donors (Lipinski definition) is 0. The van der Waals surface area contributed by atoms with Crippen LogP contribution in [-0.4, -0.2) is 47.1 Å². The van der Waals surface area contributed by atoms with E-state index < -0.39 is 0 Å². The first-order valence-electron chi connectivity index (χ1n) is 5.99. The van der Waals surface area contributed by atoms with Crippen molar-refractivity contribution < 1.29 is 9.53 Å². The summed E-state index contributed by atoms with van der Waals surface area (Å²) in [7, 11) is 1.90. The van der Waals surface area contributed by atoms with E-state index >= 15 is 0 Å². The summed E-state index contributed by atoms with van der Waals surface area (Å²) < 4.78 is 7.50. The normalized spacial score (nSPS) is 20.4. The highest BCUT2D eigenvalue weighted by molar-refractivity contribution is 5.96. The Morgan fingerprint density at radius 1 is 1.53 bits per heavy atom. The third-order valence-electron chi connectivity index (χ3n) is 3.10. The molecule has 94 valence electrons. The van der Waals surface area contributed by atoms with Gasteiger partial charge in [-0.05, 0) is 26.0 Å². The molecule has 1 fully saturated rings. The molecule has 0 unspecified atom stereocenters. The van der Waals surface area contributed by atoms with E-state index in [1.807, 2.05) is 29.9 Å². The molecule has 0 N–H and O–H groups in total. The van der Waals surface area contributed by atoms with Gasteiger partial charge in [0.1, 0.15) is 0 Å². The molecule has 1 aromatic rings. The number of carbonyl (C=O) groups excluding carboxylic acids is 1. The highest BCUT2D eigenvalue weighted by Gasteiger charge is 2.28. The van der Waals surface area contributed by atoms with E-state index in [0.717, 1.165) is 18.8 Å². The summed E-state index contributed by atoms with van der Waals surface area (Å²) >= 11 is 0. The maximum Gasteiger partial charge on any atom is 0.193 e. The first-order chi connectivity index (χ1) is 7.98. The lowest BCUT2D eigenvalue weighted by atomic mass is 10.1. The zero-order valence-corrected chi connectivity index (χ0v) is 10.8. The first-order valence-corrected chi connectivity index (χ1v) is 5.99. The summed E-state index contributed by atoms with van der Waals surface area (Å²) in [6, 6.07) is 3.77. The van der Waals surface area contributed by atoms with Crippen LogP contribution in [0.1, 0.15) is 24.3 Å². The van der Waals surface area contributed by atoms with Gasteiger partial charge in [0.15, 0.2) is 5.78 Å². The van der Waals surface area contributed by atoms with Gasteiger partial charge in [0.2, 0.25) is 0 Å². The van der Waals surface area contributed by atoms with Gasteiger partial charge in [-0.25, -0.2) is 0 Å². The summed E-state index contributed by atoms with van der Waals surface area (Å²) in [5, 5.41) is 0. The quantitative estimate of drug-likeness (QED) is 0.742. The van der Waals surface area contributed by atoms with Crippen LogP contribution in [0.4, 0.5) is 0 Å². The van der Waals surface area contributed by atoms with E-state index in [2.05, 4.69) is 18.7 Å². The van der Waals surface area contributed by atoms with E-state index in [0.29, 0.717) is 13.2 Å². The van der Waals surface area contributed by atoms with Crippen LogP contribution in [-0.2, 0) is 11.8 Å². The lowest BCUT2D eigenvalue weighted by molar-refractivity contribution is -0.0833. The minimum atomic E-state index is -0.146. The average Bonchev–Trinajstić information content (AvgIpc) is 2.62. The number of Topliss-reactive ketones (excluding diaryl/α,β-unsaturated/α-hetero) is 1. The molecule has 4 nitrogen and oxygen atoms in total. The second-order valence-corrected chi connectivity index (χ2v) is 5.25. The lowest BCUT2D eigenvalue weighted by Crippen LogP contribution is -2.49. The van der Waals surface area contributed by atoms with Crippen LogP contribution in [0.5, 0.6) is 0 Å². The fraction of sp³-hybridized carbons (Fsp3) is 0.615. The van der Waals surface area contributed by atoms with Crippen molar-refractivity contribution >= 4 is 5.78 Å². The maximum atomic E-state index is 12.1. The van der Waals surface area contributed by atoms with Gasteiger partial charge in [-0.3, -0.25) is 9.69 Å². The van der Waals surface area contributed by atoms with Crippen molar-refractivity contribution in [2.24, 2.45) is 7.05 Å². The van der Waals surface area contributed by atoms with E-state index in [9.17, 15) is 4.79 Å².